The van der Waals surface area contributed by atoms with E-state index < -0.39 is 0 Å². The summed E-state index contributed by atoms with van der Waals surface area (Å²) in [6.45, 7) is 4.63. The van der Waals surface area contributed by atoms with Gasteiger partial charge in [0, 0.05) is 19.2 Å². The quantitative estimate of drug-likeness (QED) is 0.614. The van der Waals surface area contributed by atoms with Crippen molar-refractivity contribution in [1.29, 1.82) is 0 Å². The minimum atomic E-state index is 0.0221. The van der Waals surface area contributed by atoms with Gasteiger partial charge in [-0.1, -0.05) is 54.2 Å². The van der Waals surface area contributed by atoms with Crippen molar-refractivity contribution in [2.24, 2.45) is 0 Å². The zero-order valence-corrected chi connectivity index (χ0v) is 15.9. The van der Waals surface area contributed by atoms with Crippen molar-refractivity contribution in [2.45, 2.75) is 25.6 Å². The Kier molecular flexibility index (Phi) is 5.73. The molecule has 0 spiro atoms. The summed E-state index contributed by atoms with van der Waals surface area (Å²) in [5.41, 5.74) is 4.31. The second-order valence-electron chi connectivity index (χ2n) is 6.15. The fourth-order valence-corrected chi connectivity index (χ4v) is 3.26. The summed E-state index contributed by atoms with van der Waals surface area (Å²) in [5, 5.41) is 8.53. The number of carbonyl (C=O) groups excluding carboxylic acids is 1. The van der Waals surface area contributed by atoms with Crippen LogP contribution in [-0.2, 0) is 11.3 Å². The molecule has 0 fully saturated rings. The average molecular weight is 367 g/mol. The zero-order valence-electron chi connectivity index (χ0n) is 15.1. The van der Waals surface area contributed by atoms with Crippen LogP contribution in [0.3, 0.4) is 0 Å². The molecule has 1 amide bonds. The molecular weight excluding hydrogens is 346 g/mol. The molecule has 0 aliphatic carbocycles. The van der Waals surface area contributed by atoms with Gasteiger partial charge in [-0.05, 0) is 36.6 Å². The molecule has 26 heavy (non-hydrogen) atoms. The summed E-state index contributed by atoms with van der Waals surface area (Å²) >= 11 is 1.26. The summed E-state index contributed by atoms with van der Waals surface area (Å²) in [6.07, 6.45) is 0. The molecular formula is C20H21N3O2S. The van der Waals surface area contributed by atoms with Crippen molar-refractivity contribution >= 4 is 17.7 Å². The third kappa shape index (κ3) is 4.32. The van der Waals surface area contributed by atoms with Gasteiger partial charge in [-0.3, -0.25) is 4.79 Å². The molecule has 0 saturated heterocycles. The first-order chi connectivity index (χ1) is 12.5. The van der Waals surface area contributed by atoms with Gasteiger partial charge in [0.2, 0.25) is 11.8 Å². The highest BCUT2D eigenvalue weighted by molar-refractivity contribution is 7.99. The molecule has 0 unspecified atom stereocenters. The van der Waals surface area contributed by atoms with E-state index >= 15 is 0 Å². The van der Waals surface area contributed by atoms with Crippen LogP contribution in [0.1, 0.15) is 16.7 Å². The molecule has 0 atom stereocenters. The minimum absolute atomic E-state index is 0.0221. The van der Waals surface area contributed by atoms with Crippen LogP contribution in [0.2, 0.25) is 0 Å². The number of rotatable bonds is 6. The van der Waals surface area contributed by atoms with E-state index in [0.717, 1.165) is 16.7 Å². The van der Waals surface area contributed by atoms with Crippen molar-refractivity contribution in [3.05, 3.63) is 65.2 Å². The summed E-state index contributed by atoms with van der Waals surface area (Å²) < 4.78 is 5.69. The maximum absolute atomic E-state index is 12.4. The van der Waals surface area contributed by atoms with Gasteiger partial charge in [0.05, 0.1) is 5.75 Å². The Morgan fingerprint density at radius 2 is 1.73 bits per heavy atom. The highest BCUT2D eigenvalue weighted by Gasteiger charge is 2.15. The molecule has 2 aromatic carbocycles. The average Bonchev–Trinajstić information content (AvgIpc) is 3.10. The van der Waals surface area contributed by atoms with Gasteiger partial charge in [-0.2, -0.15) is 0 Å². The van der Waals surface area contributed by atoms with E-state index in [1.165, 1.54) is 17.3 Å². The number of hydrogen-bond donors (Lipinski definition) is 0. The fraction of sp³-hybridized carbons (Fsp3) is 0.250. The largest absolute Gasteiger partial charge is 0.411 e. The van der Waals surface area contributed by atoms with Crippen LogP contribution < -0.4 is 0 Å². The Hall–Kier alpha value is -2.60. The Morgan fingerprint density at radius 3 is 2.46 bits per heavy atom. The molecule has 0 aliphatic rings. The number of thioether (sulfide) groups is 1. The maximum Gasteiger partial charge on any atom is 0.277 e. The first-order valence-corrected chi connectivity index (χ1v) is 9.34. The van der Waals surface area contributed by atoms with E-state index in [1.54, 1.807) is 4.90 Å². The van der Waals surface area contributed by atoms with E-state index in [0.29, 0.717) is 17.7 Å². The predicted octanol–water partition coefficient (Wildman–Crippen LogP) is 4.10. The summed E-state index contributed by atoms with van der Waals surface area (Å²) in [5.74, 6) is 0.762. The lowest BCUT2D eigenvalue weighted by Crippen LogP contribution is -2.28. The maximum atomic E-state index is 12.4. The topological polar surface area (TPSA) is 59.2 Å². The van der Waals surface area contributed by atoms with Crippen LogP contribution in [0.4, 0.5) is 0 Å². The Labute approximate surface area is 157 Å². The van der Waals surface area contributed by atoms with Gasteiger partial charge in [0.25, 0.3) is 5.22 Å². The molecule has 5 nitrogen and oxygen atoms in total. The van der Waals surface area contributed by atoms with Crippen molar-refractivity contribution < 1.29 is 9.21 Å². The van der Waals surface area contributed by atoms with Crippen LogP contribution in [0.5, 0.6) is 0 Å². The van der Waals surface area contributed by atoms with Crippen LogP contribution in [0.15, 0.2) is 58.2 Å². The second-order valence-corrected chi connectivity index (χ2v) is 7.08. The monoisotopic (exact) mass is 367 g/mol. The van der Waals surface area contributed by atoms with Gasteiger partial charge >= 0.3 is 0 Å². The number of benzene rings is 2. The van der Waals surface area contributed by atoms with E-state index in [2.05, 4.69) is 10.2 Å². The smallest absolute Gasteiger partial charge is 0.277 e. The summed E-state index contributed by atoms with van der Waals surface area (Å²) in [6, 6.07) is 15.9. The molecule has 134 valence electrons. The first-order valence-electron chi connectivity index (χ1n) is 8.35. The van der Waals surface area contributed by atoms with E-state index in [4.69, 9.17) is 4.42 Å². The van der Waals surface area contributed by atoms with Gasteiger partial charge in [0.1, 0.15) is 0 Å². The molecule has 6 heteroatoms. The Morgan fingerprint density at radius 1 is 1.04 bits per heavy atom. The molecule has 0 bridgehead atoms. The van der Waals surface area contributed by atoms with Gasteiger partial charge < -0.3 is 9.32 Å². The third-order valence-corrected chi connectivity index (χ3v) is 5.00. The Balaban J connectivity index is 1.58. The highest BCUT2D eigenvalue weighted by Crippen LogP contribution is 2.25. The number of carbonyl (C=O) groups is 1. The lowest BCUT2D eigenvalue weighted by Gasteiger charge is -2.17. The molecule has 0 radical (unpaired) electrons. The summed E-state index contributed by atoms with van der Waals surface area (Å²) in [7, 11) is 1.81. The highest BCUT2D eigenvalue weighted by atomic mass is 32.2. The molecule has 1 heterocycles. The van der Waals surface area contributed by atoms with Gasteiger partial charge in [-0.15, -0.1) is 10.2 Å². The van der Waals surface area contributed by atoms with Gasteiger partial charge in [0.15, 0.2) is 0 Å². The minimum Gasteiger partial charge on any atom is -0.411 e. The molecule has 3 rings (SSSR count). The fourth-order valence-electron chi connectivity index (χ4n) is 2.55. The summed E-state index contributed by atoms with van der Waals surface area (Å²) in [4.78, 5) is 14.1. The Bertz CT molecular complexity index is 907. The van der Waals surface area contributed by atoms with E-state index in [1.807, 2.05) is 69.4 Å². The predicted molar refractivity (Wildman–Crippen MR) is 103 cm³/mol. The first kappa shape index (κ1) is 18.2. The third-order valence-electron chi connectivity index (χ3n) is 4.20. The van der Waals surface area contributed by atoms with Gasteiger partial charge in [-0.25, -0.2) is 0 Å². The van der Waals surface area contributed by atoms with E-state index in [9.17, 15) is 4.79 Å². The number of aryl methyl sites for hydroxylation is 2. The van der Waals surface area contributed by atoms with Crippen LogP contribution in [-0.4, -0.2) is 33.8 Å². The van der Waals surface area contributed by atoms with Crippen LogP contribution in [0.25, 0.3) is 11.5 Å². The molecule has 0 N–H and O–H groups in total. The lowest BCUT2D eigenvalue weighted by atomic mass is 10.1. The molecule has 0 aliphatic heterocycles. The molecule has 1 aromatic heterocycles. The van der Waals surface area contributed by atoms with Crippen molar-refractivity contribution in [2.75, 3.05) is 12.8 Å². The lowest BCUT2D eigenvalue weighted by molar-refractivity contribution is -0.127. The van der Waals surface area contributed by atoms with Crippen molar-refractivity contribution in [3.63, 3.8) is 0 Å². The zero-order chi connectivity index (χ0) is 18.5. The number of amides is 1. The van der Waals surface area contributed by atoms with Crippen molar-refractivity contribution in [3.8, 4) is 11.5 Å². The van der Waals surface area contributed by atoms with E-state index in [-0.39, 0.29) is 11.7 Å². The van der Waals surface area contributed by atoms with Crippen LogP contribution >= 0.6 is 11.8 Å². The van der Waals surface area contributed by atoms with Crippen LogP contribution in [0, 0.1) is 13.8 Å². The number of aromatic nitrogens is 2. The number of nitrogens with zero attached hydrogens (tertiary/aromatic N) is 3. The number of hydrogen-bond acceptors (Lipinski definition) is 5. The second kappa shape index (κ2) is 8.19. The normalized spacial score (nSPS) is 10.7. The standard InChI is InChI=1S/C20H21N3O2S/c1-14-8-4-6-10-16(14)12-23(3)18(24)13-26-20-22-21-19(25-20)17-11-7-5-9-15(17)2/h4-11H,12-13H2,1-3H3. The SMILES string of the molecule is Cc1ccccc1CN(C)C(=O)CSc1nnc(-c2ccccc2C)o1. The molecule has 3 aromatic rings. The van der Waals surface area contributed by atoms with Crippen molar-refractivity contribution in [1.82, 2.24) is 15.1 Å². The molecule has 0 saturated carbocycles.